The topological polar surface area (TPSA) is 52.0 Å². The fourth-order valence-corrected chi connectivity index (χ4v) is 3.17. The fourth-order valence-electron chi connectivity index (χ4n) is 3.17. The SMILES string of the molecule is CCCNC(c1cnnn1C)C1(OC)CCCCC1. The van der Waals surface area contributed by atoms with Crippen molar-refractivity contribution in [3.05, 3.63) is 11.9 Å². The van der Waals surface area contributed by atoms with Gasteiger partial charge in [0.1, 0.15) is 0 Å². The summed E-state index contributed by atoms with van der Waals surface area (Å²) in [6, 6.07) is 0.178. The Balaban J connectivity index is 2.27. The summed E-state index contributed by atoms with van der Waals surface area (Å²) in [7, 11) is 3.80. The van der Waals surface area contributed by atoms with Crippen molar-refractivity contribution in [3.8, 4) is 0 Å². The Labute approximate surface area is 115 Å². The minimum Gasteiger partial charge on any atom is -0.376 e. The van der Waals surface area contributed by atoms with Gasteiger partial charge in [0, 0.05) is 14.2 Å². The highest BCUT2D eigenvalue weighted by atomic mass is 16.5. The second-order valence-electron chi connectivity index (χ2n) is 5.50. The standard InChI is InChI=1S/C14H26N4O/c1-4-10-15-13(12-11-16-17-18(12)2)14(19-3)8-6-5-7-9-14/h11,13,15H,4-10H2,1-3H3. The molecule has 1 aliphatic carbocycles. The van der Waals surface area contributed by atoms with E-state index < -0.39 is 0 Å². The lowest BCUT2D eigenvalue weighted by molar-refractivity contribution is -0.0704. The van der Waals surface area contributed by atoms with Gasteiger partial charge in [-0.05, 0) is 25.8 Å². The van der Waals surface area contributed by atoms with Crippen molar-refractivity contribution in [2.75, 3.05) is 13.7 Å². The average molecular weight is 266 g/mol. The Morgan fingerprint density at radius 3 is 2.68 bits per heavy atom. The second kappa shape index (κ2) is 6.48. The normalized spacial score (nSPS) is 20.4. The number of hydrogen-bond acceptors (Lipinski definition) is 4. The van der Waals surface area contributed by atoms with E-state index in [1.165, 1.54) is 19.3 Å². The first-order valence-electron chi connectivity index (χ1n) is 7.36. The number of nitrogens with one attached hydrogen (secondary N) is 1. The number of nitrogens with zero attached hydrogens (tertiary/aromatic N) is 3. The van der Waals surface area contributed by atoms with Crippen LogP contribution in [0.4, 0.5) is 0 Å². The van der Waals surface area contributed by atoms with Crippen molar-refractivity contribution in [2.45, 2.75) is 57.1 Å². The molecule has 0 aliphatic heterocycles. The highest BCUT2D eigenvalue weighted by Crippen LogP contribution is 2.40. The van der Waals surface area contributed by atoms with Crippen LogP contribution in [0, 0.1) is 0 Å². The van der Waals surface area contributed by atoms with Crippen LogP contribution in [0.25, 0.3) is 0 Å². The van der Waals surface area contributed by atoms with Crippen LogP contribution in [0.1, 0.15) is 57.2 Å². The molecule has 1 fully saturated rings. The predicted octanol–water partition coefficient (Wildman–Crippen LogP) is 2.21. The molecule has 2 rings (SSSR count). The highest BCUT2D eigenvalue weighted by molar-refractivity contribution is 5.11. The number of rotatable bonds is 6. The molecule has 5 nitrogen and oxygen atoms in total. The quantitative estimate of drug-likeness (QED) is 0.857. The van der Waals surface area contributed by atoms with Crippen LogP contribution in [-0.4, -0.2) is 34.2 Å². The van der Waals surface area contributed by atoms with E-state index in [0.717, 1.165) is 31.5 Å². The van der Waals surface area contributed by atoms with Crippen molar-refractivity contribution in [3.63, 3.8) is 0 Å². The Morgan fingerprint density at radius 2 is 2.16 bits per heavy atom. The Kier molecular flexibility index (Phi) is 4.93. The largest absolute Gasteiger partial charge is 0.376 e. The van der Waals surface area contributed by atoms with Gasteiger partial charge in [0.2, 0.25) is 0 Å². The number of methoxy groups -OCH3 is 1. The Bertz CT molecular complexity index is 385. The van der Waals surface area contributed by atoms with E-state index in [9.17, 15) is 0 Å². The average Bonchev–Trinajstić information content (AvgIpc) is 2.86. The van der Waals surface area contributed by atoms with Crippen LogP contribution in [0.15, 0.2) is 6.20 Å². The molecule has 0 bridgehead atoms. The van der Waals surface area contributed by atoms with Gasteiger partial charge in [0.15, 0.2) is 0 Å². The van der Waals surface area contributed by atoms with Crippen LogP contribution < -0.4 is 5.32 Å². The van der Waals surface area contributed by atoms with Gasteiger partial charge >= 0.3 is 0 Å². The molecule has 1 aromatic heterocycles. The van der Waals surface area contributed by atoms with Crippen LogP contribution in [-0.2, 0) is 11.8 Å². The van der Waals surface area contributed by atoms with Crippen LogP contribution in [0.2, 0.25) is 0 Å². The third-order valence-electron chi connectivity index (χ3n) is 4.28. The Morgan fingerprint density at radius 1 is 1.42 bits per heavy atom. The maximum atomic E-state index is 5.99. The summed E-state index contributed by atoms with van der Waals surface area (Å²) in [5.41, 5.74) is 1.01. The molecule has 1 unspecified atom stereocenters. The van der Waals surface area contributed by atoms with E-state index in [0.29, 0.717) is 0 Å². The molecular formula is C14H26N4O. The van der Waals surface area contributed by atoms with E-state index in [1.807, 2.05) is 25.0 Å². The van der Waals surface area contributed by atoms with Gasteiger partial charge in [0.05, 0.1) is 23.5 Å². The predicted molar refractivity (Wildman–Crippen MR) is 74.9 cm³/mol. The number of aryl methyl sites for hydroxylation is 1. The fraction of sp³-hybridized carbons (Fsp3) is 0.857. The minimum absolute atomic E-state index is 0.108. The van der Waals surface area contributed by atoms with Crippen molar-refractivity contribution in [2.24, 2.45) is 7.05 Å². The van der Waals surface area contributed by atoms with Crippen molar-refractivity contribution < 1.29 is 4.74 Å². The zero-order valence-electron chi connectivity index (χ0n) is 12.4. The van der Waals surface area contributed by atoms with Crippen LogP contribution >= 0.6 is 0 Å². The zero-order valence-corrected chi connectivity index (χ0v) is 12.4. The summed E-state index contributed by atoms with van der Waals surface area (Å²) < 4.78 is 7.85. The van der Waals surface area contributed by atoms with Crippen LogP contribution in [0.5, 0.6) is 0 Å². The molecule has 1 atom stereocenters. The highest BCUT2D eigenvalue weighted by Gasteiger charge is 2.42. The van der Waals surface area contributed by atoms with Gasteiger partial charge in [0.25, 0.3) is 0 Å². The first-order chi connectivity index (χ1) is 9.23. The molecule has 0 spiro atoms. The summed E-state index contributed by atoms with van der Waals surface area (Å²) in [6.45, 7) is 3.17. The number of ether oxygens (including phenoxy) is 1. The molecule has 1 N–H and O–H groups in total. The second-order valence-corrected chi connectivity index (χ2v) is 5.50. The molecule has 0 aromatic carbocycles. The van der Waals surface area contributed by atoms with Crippen LogP contribution in [0.3, 0.4) is 0 Å². The molecular weight excluding hydrogens is 240 g/mol. The van der Waals surface area contributed by atoms with Gasteiger partial charge in [-0.15, -0.1) is 5.10 Å². The van der Waals surface area contributed by atoms with Gasteiger partial charge in [-0.25, -0.2) is 0 Å². The molecule has 5 heteroatoms. The molecule has 1 saturated carbocycles. The molecule has 0 saturated heterocycles. The lowest BCUT2D eigenvalue weighted by Gasteiger charge is -2.42. The first-order valence-corrected chi connectivity index (χ1v) is 7.36. The summed E-state index contributed by atoms with van der Waals surface area (Å²) in [4.78, 5) is 0. The van der Waals surface area contributed by atoms with Gasteiger partial charge in [-0.3, -0.25) is 4.68 Å². The monoisotopic (exact) mass is 266 g/mol. The van der Waals surface area contributed by atoms with Gasteiger partial charge in [-0.1, -0.05) is 31.4 Å². The Hall–Kier alpha value is -0.940. The van der Waals surface area contributed by atoms with Crippen molar-refractivity contribution in [1.82, 2.24) is 20.3 Å². The third-order valence-corrected chi connectivity index (χ3v) is 4.28. The summed E-state index contributed by atoms with van der Waals surface area (Å²) >= 11 is 0. The molecule has 19 heavy (non-hydrogen) atoms. The van der Waals surface area contributed by atoms with Gasteiger partial charge < -0.3 is 10.1 Å². The van der Waals surface area contributed by atoms with E-state index >= 15 is 0 Å². The van der Waals surface area contributed by atoms with E-state index in [-0.39, 0.29) is 11.6 Å². The molecule has 108 valence electrons. The maximum absolute atomic E-state index is 5.99. The summed E-state index contributed by atoms with van der Waals surface area (Å²) in [5, 5.41) is 11.8. The lowest BCUT2D eigenvalue weighted by Crippen LogP contribution is -2.48. The lowest BCUT2D eigenvalue weighted by atomic mass is 9.78. The van der Waals surface area contributed by atoms with Crippen molar-refractivity contribution in [1.29, 1.82) is 0 Å². The smallest absolute Gasteiger partial charge is 0.0888 e. The minimum atomic E-state index is -0.108. The van der Waals surface area contributed by atoms with Gasteiger partial charge in [-0.2, -0.15) is 0 Å². The zero-order chi connectivity index (χ0) is 13.7. The molecule has 1 aromatic rings. The molecule has 1 aliphatic rings. The summed E-state index contributed by atoms with van der Waals surface area (Å²) in [6.07, 6.45) is 8.98. The van der Waals surface area contributed by atoms with E-state index in [1.54, 1.807) is 0 Å². The first kappa shape index (κ1) is 14.5. The van der Waals surface area contributed by atoms with E-state index in [4.69, 9.17) is 4.74 Å². The summed E-state index contributed by atoms with van der Waals surface area (Å²) in [5.74, 6) is 0. The third kappa shape index (κ3) is 2.98. The molecule has 1 heterocycles. The maximum Gasteiger partial charge on any atom is 0.0888 e. The molecule has 0 amide bonds. The molecule has 0 radical (unpaired) electrons. The van der Waals surface area contributed by atoms with E-state index in [2.05, 4.69) is 22.6 Å². The van der Waals surface area contributed by atoms with Crippen molar-refractivity contribution >= 4 is 0 Å². The number of aromatic nitrogens is 3. The number of hydrogen-bond donors (Lipinski definition) is 1.